The molecule has 10 nitrogen and oxygen atoms in total. The van der Waals surface area contributed by atoms with Crippen molar-refractivity contribution in [2.45, 2.75) is 98.4 Å². The Kier molecular flexibility index (Phi) is 12.2. The molecule has 0 radical (unpaired) electrons. The fourth-order valence-corrected chi connectivity index (χ4v) is 4.00. The van der Waals surface area contributed by atoms with Gasteiger partial charge in [0, 0.05) is 12.1 Å². The number of amides is 3. The fourth-order valence-electron chi connectivity index (χ4n) is 4.00. The van der Waals surface area contributed by atoms with Gasteiger partial charge in [0.05, 0.1) is 19.6 Å². The third-order valence-corrected chi connectivity index (χ3v) is 6.18. The van der Waals surface area contributed by atoms with E-state index in [9.17, 15) is 24.3 Å². The molecule has 214 valence electrons. The van der Waals surface area contributed by atoms with Crippen LogP contribution in [-0.2, 0) is 23.9 Å². The van der Waals surface area contributed by atoms with E-state index in [1.165, 1.54) is 4.90 Å². The molecule has 0 aliphatic heterocycles. The van der Waals surface area contributed by atoms with Gasteiger partial charge in [0.15, 0.2) is 0 Å². The van der Waals surface area contributed by atoms with Crippen LogP contribution in [-0.4, -0.2) is 70.8 Å². The number of ether oxygens (including phenoxy) is 2. The van der Waals surface area contributed by atoms with Crippen LogP contribution < -0.4 is 10.6 Å². The van der Waals surface area contributed by atoms with Crippen molar-refractivity contribution in [3.63, 3.8) is 0 Å². The highest BCUT2D eigenvalue weighted by Crippen LogP contribution is 2.35. The molecule has 0 saturated carbocycles. The van der Waals surface area contributed by atoms with E-state index in [0.717, 1.165) is 11.1 Å². The first-order valence-electron chi connectivity index (χ1n) is 13.0. The van der Waals surface area contributed by atoms with E-state index < -0.39 is 53.7 Å². The molecule has 0 bridgehead atoms. The summed E-state index contributed by atoms with van der Waals surface area (Å²) >= 11 is 0. The van der Waals surface area contributed by atoms with Gasteiger partial charge in [-0.25, -0.2) is 4.79 Å². The number of rotatable bonds is 12. The van der Waals surface area contributed by atoms with E-state index >= 15 is 0 Å². The molecule has 38 heavy (non-hydrogen) atoms. The summed E-state index contributed by atoms with van der Waals surface area (Å²) in [6.45, 7) is 15.5. The maximum absolute atomic E-state index is 14.0. The van der Waals surface area contributed by atoms with Gasteiger partial charge in [0.1, 0.15) is 17.7 Å². The number of carbonyl (C=O) groups excluding carboxylic acids is 4. The van der Waals surface area contributed by atoms with Gasteiger partial charge in [0.25, 0.3) is 0 Å². The molecule has 1 aromatic carbocycles. The Labute approximate surface area is 226 Å². The number of hydrogen-bond donors (Lipinski definition) is 3. The molecule has 10 heteroatoms. The Morgan fingerprint density at radius 3 is 2.08 bits per heavy atom. The van der Waals surface area contributed by atoms with E-state index in [4.69, 9.17) is 9.47 Å². The van der Waals surface area contributed by atoms with Crippen molar-refractivity contribution in [2.24, 2.45) is 0 Å². The van der Waals surface area contributed by atoms with E-state index in [1.807, 2.05) is 52.8 Å². The minimum atomic E-state index is -1.35. The molecule has 0 fully saturated rings. The Hall–Kier alpha value is -3.14. The smallest absolute Gasteiger partial charge is 0.408 e. The van der Waals surface area contributed by atoms with Crippen LogP contribution in [0.1, 0.15) is 84.0 Å². The quantitative estimate of drug-likeness (QED) is 0.350. The minimum absolute atomic E-state index is 0.0211. The van der Waals surface area contributed by atoms with Crippen molar-refractivity contribution in [1.29, 1.82) is 0 Å². The molecule has 0 spiro atoms. The molecular formula is C28H45N3O7. The van der Waals surface area contributed by atoms with Gasteiger partial charge in [-0.3, -0.25) is 14.4 Å². The molecule has 1 rings (SSSR count). The molecule has 0 heterocycles. The molecule has 0 aromatic heterocycles. The average Bonchev–Trinajstić information content (AvgIpc) is 2.80. The van der Waals surface area contributed by atoms with Crippen molar-refractivity contribution < 1.29 is 33.8 Å². The standard InChI is InChI=1S/C28H45N3O7/c1-10-28(8,9)31(25(35)20(17-32)30-26(36)38-27(5,6)7)23(22-18(3)13-12-14-19(22)4)24(34)29-16-15-21(33)37-11-2/h12-14,20,23,32H,10-11,15-17H2,1-9H3,(H,29,34)(H,30,36). The highest BCUT2D eigenvalue weighted by molar-refractivity contribution is 5.93. The molecule has 0 aliphatic carbocycles. The lowest BCUT2D eigenvalue weighted by Gasteiger charge is -2.45. The van der Waals surface area contributed by atoms with Crippen LogP contribution in [0.5, 0.6) is 0 Å². The SMILES string of the molecule is CCOC(=O)CCNC(=O)C(c1c(C)cccc1C)N(C(=O)C(CO)NC(=O)OC(C)(C)C)C(C)(C)CC. The number of nitrogens with zero attached hydrogens (tertiary/aromatic N) is 1. The van der Waals surface area contributed by atoms with Gasteiger partial charge in [-0.1, -0.05) is 25.1 Å². The first kappa shape index (κ1) is 32.9. The number of aliphatic hydroxyl groups is 1. The molecule has 1 aromatic rings. The summed E-state index contributed by atoms with van der Waals surface area (Å²) in [6.07, 6.45) is -0.411. The number of benzene rings is 1. The van der Waals surface area contributed by atoms with E-state index in [1.54, 1.807) is 27.7 Å². The van der Waals surface area contributed by atoms with Gasteiger partial charge in [-0.2, -0.15) is 0 Å². The van der Waals surface area contributed by atoms with Crippen molar-refractivity contribution >= 4 is 23.9 Å². The number of esters is 1. The van der Waals surface area contributed by atoms with Crippen LogP contribution >= 0.6 is 0 Å². The van der Waals surface area contributed by atoms with Crippen LogP contribution in [0.15, 0.2) is 18.2 Å². The first-order chi connectivity index (χ1) is 17.6. The van der Waals surface area contributed by atoms with Gasteiger partial charge < -0.3 is 30.1 Å². The summed E-state index contributed by atoms with van der Waals surface area (Å²) in [4.78, 5) is 53.5. The topological polar surface area (TPSA) is 134 Å². The molecule has 2 atom stereocenters. The lowest BCUT2D eigenvalue weighted by atomic mass is 9.88. The van der Waals surface area contributed by atoms with E-state index in [-0.39, 0.29) is 19.6 Å². The minimum Gasteiger partial charge on any atom is -0.466 e. The van der Waals surface area contributed by atoms with Crippen LogP contribution in [0.3, 0.4) is 0 Å². The first-order valence-corrected chi connectivity index (χ1v) is 13.0. The van der Waals surface area contributed by atoms with Gasteiger partial charge in [-0.05, 0) is 78.5 Å². The maximum atomic E-state index is 14.0. The molecule has 3 amide bonds. The van der Waals surface area contributed by atoms with Crippen molar-refractivity contribution in [3.8, 4) is 0 Å². The number of carbonyl (C=O) groups is 4. The second-order valence-corrected chi connectivity index (χ2v) is 10.8. The van der Waals surface area contributed by atoms with Crippen molar-refractivity contribution in [1.82, 2.24) is 15.5 Å². The second-order valence-electron chi connectivity index (χ2n) is 10.8. The number of aliphatic hydroxyl groups excluding tert-OH is 1. The van der Waals surface area contributed by atoms with E-state index in [0.29, 0.717) is 12.0 Å². The van der Waals surface area contributed by atoms with Crippen LogP contribution in [0.4, 0.5) is 4.79 Å². The molecule has 0 aliphatic rings. The number of hydrogen-bond acceptors (Lipinski definition) is 7. The Bertz CT molecular complexity index is 965. The Morgan fingerprint density at radius 2 is 1.61 bits per heavy atom. The van der Waals surface area contributed by atoms with Gasteiger partial charge in [0.2, 0.25) is 11.8 Å². The normalized spacial score (nSPS) is 13.2. The zero-order chi connectivity index (χ0) is 29.3. The summed E-state index contributed by atoms with van der Waals surface area (Å²) in [6, 6.07) is 3.11. The summed E-state index contributed by atoms with van der Waals surface area (Å²) in [5.41, 5.74) is 0.541. The monoisotopic (exact) mass is 535 g/mol. The van der Waals surface area contributed by atoms with Crippen molar-refractivity contribution in [2.75, 3.05) is 19.8 Å². The predicted molar refractivity (Wildman–Crippen MR) is 144 cm³/mol. The molecule has 0 saturated heterocycles. The van der Waals surface area contributed by atoms with Crippen LogP contribution in [0, 0.1) is 13.8 Å². The summed E-state index contributed by atoms with van der Waals surface area (Å²) in [5.74, 6) is -1.57. The highest BCUT2D eigenvalue weighted by Gasteiger charge is 2.43. The average molecular weight is 536 g/mol. The predicted octanol–water partition coefficient (Wildman–Crippen LogP) is 3.32. The Balaban J connectivity index is 3.56. The third kappa shape index (κ3) is 9.31. The third-order valence-electron chi connectivity index (χ3n) is 6.18. The van der Waals surface area contributed by atoms with Gasteiger partial charge >= 0.3 is 12.1 Å². The summed E-state index contributed by atoms with van der Waals surface area (Å²) in [5, 5.41) is 15.3. The largest absolute Gasteiger partial charge is 0.466 e. The lowest BCUT2D eigenvalue weighted by Crippen LogP contribution is -2.60. The van der Waals surface area contributed by atoms with Crippen LogP contribution in [0.2, 0.25) is 0 Å². The summed E-state index contributed by atoms with van der Waals surface area (Å²) in [7, 11) is 0. The van der Waals surface area contributed by atoms with E-state index in [2.05, 4.69) is 10.6 Å². The molecule has 2 unspecified atom stereocenters. The van der Waals surface area contributed by atoms with Gasteiger partial charge in [-0.15, -0.1) is 0 Å². The van der Waals surface area contributed by atoms with Crippen molar-refractivity contribution in [3.05, 3.63) is 34.9 Å². The maximum Gasteiger partial charge on any atom is 0.408 e. The van der Waals surface area contributed by atoms with Crippen LogP contribution in [0.25, 0.3) is 0 Å². The highest BCUT2D eigenvalue weighted by atomic mass is 16.6. The second kappa shape index (κ2) is 14.1. The fraction of sp³-hybridized carbons (Fsp3) is 0.643. The lowest BCUT2D eigenvalue weighted by molar-refractivity contribution is -0.150. The number of nitrogens with one attached hydrogen (secondary N) is 2. The number of aryl methyl sites for hydroxylation is 2. The number of alkyl carbamates (subject to hydrolysis) is 1. The zero-order valence-corrected chi connectivity index (χ0v) is 24.3. The Morgan fingerprint density at radius 1 is 1.03 bits per heavy atom. The molecular weight excluding hydrogens is 490 g/mol. The molecule has 3 N–H and O–H groups in total. The zero-order valence-electron chi connectivity index (χ0n) is 24.3. The summed E-state index contributed by atoms with van der Waals surface area (Å²) < 4.78 is 10.2.